The van der Waals surface area contributed by atoms with Gasteiger partial charge in [0.05, 0.1) is 33.6 Å². The summed E-state index contributed by atoms with van der Waals surface area (Å²) in [6, 6.07) is 7.45. The molecule has 0 radical (unpaired) electrons. The number of ether oxygens (including phenoxy) is 1. The maximum Gasteiger partial charge on any atom is 0.421 e. The van der Waals surface area contributed by atoms with Gasteiger partial charge in [-0.05, 0) is 24.3 Å². The second kappa shape index (κ2) is 6.48. The monoisotopic (exact) mass is 358 g/mol. The van der Waals surface area contributed by atoms with Crippen molar-refractivity contribution in [2.24, 2.45) is 24.3 Å². The minimum Gasteiger partial charge on any atom is -1.00 e. The number of halogens is 1. The van der Waals surface area contributed by atoms with Crippen LogP contribution in [0.4, 0.5) is 11.6 Å². The smallest absolute Gasteiger partial charge is 0.421 e. The van der Waals surface area contributed by atoms with Crippen LogP contribution in [0.3, 0.4) is 0 Å². The van der Waals surface area contributed by atoms with Crippen LogP contribution in [0.2, 0.25) is 0 Å². The molecule has 5 nitrogen and oxygen atoms in total. The fraction of sp³-hybridized carbons (Fsp3) is 0.250. The quantitative estimate of drug-likeness (QED) is 0.406. The van der Waals surface area contributed by atoms with Gasteiger partial charge in [0.25, 0.3) is 0 Å². The van der Waals surface area contributed by atoms with Gasteiger partial charge in [-0.3, -0.25) is 0 Å². The van der Waals surface area contributed by atoms with E-state index in [2.05, 4.69) is 10.2 Å². The van der Waals surface area contributed by atoms with E-state index in [9.17, 15) is 0 Å². The number of nitrogens with zero attached hydrogens (tertiary/aromatic N) is 4. The number of hydrogen-bond donors (Lipinski definition) is 0. The molecular formula is C12H15IN4O. The minimum absolute atomic E-state index is 0. The zero-order valence-electron chi connectivity index (χ0n) is 10.5. The van der Waals surface area contributed by atoms with E-state index in [4.69, 9.17) is 4.74 Å². The van der Waals surface area contributed by atoms with Gasteiger partial charge in [-0.15, -0.1) is 0 Å². The molecule has 0 saturated heterocycles. The fourth-order valence-electron chi connectivity index (χ4n) is 1.47. The van der Waals surface area contributed by atoms with Crippen molar-refractivity contribution in [2.75, 3.05) is 7.11 Å². The Bertz CT molecular complexity index is 514. The second-order valence-corrected chi connectivity index (χ2v) is 3.72. The Morgan fingerprint density at radius 3 is 2.33 bits per heavy atom. The summed E-state index contributed by atoms with van der Waals surface area (Å²) in [7, 11) is 5.51. The molecule has 0 spiro atoms. The number of benzene rings is 1. The highest BCUT2D eigenvalue weighted by Gasteiger charge is 2.09. The molecule has 0 aliphatic carbocycles. The number of aromatic nitrogens is 2. The molecule has 0 bridgehead atoms. The fourth-order valence-corrected chi connectivity index (χ4v) is 1.47. The molecule has 0 amide bonds. The lowest BCUT2D eigenvalue weighted by Gasteiger charge is -1.96. The minimum atomic E-state index is 0. The first-order chi connectivity index (χ1) is 8.20. The Morgan fingerprint density at radius 1 is 1.17 bits per heavy atom. The molecule has 6 heteroatoms. The average Bonchev–Trinajstić information content (AvgIpc) is 2.67. The third-order valence-corrected chi connectivity index (χ3v) is 2.47. The van der Waals surface area contributed by atoms with Crippen molar-refractivity contribution in [1.82, 2.24) is 4.57 Å². The highest BCUT2D eigenvalue weighted by atomic mass is 127. The van der Waals surface area contributed by atoms with Crippen LogP contribution in [-0.2, 0) is 14.1 Å². The summed E-state index contributed by atoms with van der Waals surface area (Å²) < 4.78 is 8.90. The molecule has 1 aromatic heterocycles. The van der Waals surface area contributed by atoms with Crippen molar-refractivity contribution < 1.29 is 33.3 Å². The lowest BCUT2D eigenvalue weighted by atomic mass is 10.3. The lowest BCUT2D eigenvalue weighted by Crippen LogP contribution is -3.00. The van der Waals surface area contributed by atoms with E-state index in [1.165, 1.54) is 0 Å². The number of hydrogen-bond acceptors (Lipinski definition) is 3. The van der Waals surface area contributed by atoms with Gasteiger partial charge in [-0.2, -0.15) is 0 Å². The van der Waals surface area contributed by atoms with Crippen LogP contribution in [0.15, 0.2) is 46.9 Å². The van der Waals surface area contributed by atoms with E-state index in [1.807, 2.05) is 59.9 Å². The molecule has 1 heterocycles. The summed E-state index contributed by atoms with van der Waals surface area (Å²) in [6.07, 6.45) is 3.87. The Labute approximate surface area is 123 Å². The van der Waals surface area contributed by atoms with Crippen molar-refractivity contribution >= 4 is 11.6 Å². The Morgan fingerprint density at radius 2 is 1.83 bits per heavy atom. The maximum absolute atomic E-state index is 5.08. The number of imidazole rings is 1. The molecule has 2 aromatic rings. The molecule has 0 aliphatic rings. The molecular weight excluding hydrogens is 343 g/mol. The van der Waals surface area contributed by atoms with Gasteiger partial charge < -0.3 is 28.7 Å². The lowest BCUT2D eigenvalue weighted by molar-refractivity contribution is -0.657. The number of methoxy groups -OCH3 is 1. The molecule has 96 valence electrons. The Kier molecular flexibility index (Phi) is 5.26. The van der Waals surface area contributed by atoms with Gasteiger partial charge in [0.15, 0.2) is 0 Å². The summed E-state index contributed by atoms with van der Waals surface area (Å²) in [5.41, 5.74) is 0.798. The number of azo groups is 1. The molecule has 0 saturated carbocycles. The van der Waals surface area contributed by atoms with E-state index in [-0.39, 0.29) is 24.0 Å². The van der Waals surface area contributed by atoms with Gasteiger partial charge in [-0.25, -0.2) is 9.13 Å². The Hall–Kier alpha value is -1.44. The number of rotatable bonds is 3. The SMILES string of the molecule is COc1ccc(/N=N/c2n(C)cc[n+]2C)cc1.[I-]. The molecule has 18 heavy (non-hydrogen) atoms. The normalized spacial score (nSPS) is 10.4. The highest BCUT2D eigenvalue weighted by molar-refractivity contribution is 5.40. The van der Waals surface area contributed by atoms with Crippen LogP contribution in [-0.4, -0.2) is 11.7 Å². The molecule has 0 atom stereocenters. The largest absolute Gasteiger partial charge is 1.00 e. The summed E-state index contributed by atoms with van der Waals surface area (Å²) in [5.74, 6) is 1.61. The standard InChI is InChI=1S/C12H15N4O.HI/c1-15-8-9-16(2)12(15)14-13-10-4-6-11(17-3)7-5-10;/h4-9H,1-3H3;1H/q+1;/p-1. The summed E-state index contributed by atoms with van der Waals surface area (Å²) >= 11 is 0. The summed E-state index contributed by atoms with van der Waals surface area (Å²) in [4.78, 5) is 0. The van der Waals surface area contributed by atoms with Crippen molar-refractivity contribution in [3.8, 4) is 5.75 Å². The van der Waals surface area contributed by atoms with Crippen LogP contribution in [0, 0.1) is 0 Å². The van der Waals surface area contributed by atoms with E-state index in [0.717, 1.165) is 17.4 Å². The van der Waals surface area contributed by atoms with Crippen LogP contribution in [0.5, 0.6) is 5.75 Å². The molecule has 0 N–H and O–H groups in total. The highest BCUT2D eigenvalue weighted by Crippen LogP contribution is 2.19. The van der Waals surface area contributed by atoms with Gasteiger partial charge in [0.2, 0.25) is 0 Å². The summed E-state index contributed by atoms with van der Waals surface area (Å²) in [6.45, 7) is 0. The predicted molar refractivity (Wildman–Crippen MR) is 63.8 cm³/mol. The van der Waals surface area contributed by atoms with Crippen LogP contribution >= 0.6 is 0 Å². The van der Waals surface area contributed by atoms with Gasteiger partial charge in [0, 0.05) is 5.11 Å². The van der Waals surface area contributed by atoms with Crippen LogP contribution in [0.1, 0.15) is 0 Å². The number of aryl methyl sites for hydroxylation is 2. The Balaban J connectivity index is 0.00000162. The third kappa shape index (κ3) is 3.28. The van der Waals surface area contributed by atoms with Gasteiger partial charge in [0.1, 0.15) is 11.4 Å². The van der Waals surface area contributed by atoms with E-state index in [1.54, 1.807) is 7.11 Å². The average molecular weight is 358 g/mol. The molecule has 1 aromatic carbocycles. The topological polar surface area (TPSA) is 42.8 Å². The van der Waals surface area contributed by atoms with Crippen LogP contribution in [0.25, 0.3) is 0 Å². The van der Waals surface area contributed by atoms with Crippen LogP contribution < -0.4 is 33.3 Å². The van der Waals surface area contributed by atoms with Crippen molar-refractivity contribution in [3.05, 3.63) is 36.7 Å². The molecule has 0 aliphatic heterocycles. The third-order valence-electron chi connectivity index (χ3n) is 2.47. The predicted octanol–water partition coefficient (Wildman–Crippen LogP) is -0.722. The van der Waals surface area contributed by atoms with Gasteiger partial charge in [-0.1, -0.05) is 5.11 Å². The van der Waals surface area contributed by atoms with E-state index in [0.29, 0.717) is 0 Å². The van der Waals surface area contributed by atoms with Crippen molar-refractivity contribution in [2.45, 2.75) is 0 Å². The first-order valence-electron chi connectivity index (χ1n) is 5.27. The first-order valence-corrected chi connectivity index (χ1v) is 5.27. The molecule has 2 rings (SSSR count). The zero-order chi connectivity index (χ0) is 12.3. The van der Waals surface area contributed by atoms with E-state index < -0.39 is 0 Å². The second-order valence-electron chi connectivity index (χ2n) is 3.72. The molecule has 0 unspecified atom stereocenters. The van der Waals surface area contributed by atoms with Crippen molar-refractivity contribution in [1.29, 1.82) is 0 Å². The van der Waals surface area contributed by atoms with E-state index >= 15 is 0 Å². The summed E-state index contributed by atoms with van der Waals surface area (Å²) in [5, 5.41) is 8.37. The van der Waals surface area contributed by atoms with Gasteiger partial charge >= 0.3 is 5.95 Å². The zero-order valence-corrected chi connectivity index (χ0v) is 12.7. The first kappa shape index (κ1) is 14.6. The maximum atomic E-state index is 5.08. The molecule has 0 fully saturated rings. The van der Waals surface area contributed by atoms with Crippen molar-refractivity contribution in [3.63, 3.8) is 0 Å².